The molecule has 0 spiro atoms. The minimum Gasteiger partial charge on any atom is -0.0597 e. The summed E-state index contributed by atoms with van der Waals surface area (Å²) in [6, 6.07) is 5.91. The van der Waals surface area contributed by atoms with Crippen molar-refractivity contribution in [1.29, 1.82) is 0 Å². The van der Waals surface area contributed by atoms with E-state index >= 15 is 0 Å². The first kappa shape index (κ1) is 10.3. The lowest BCUT2D eigenvalue weighted by molar-refractivity contribution is 0.865. The molecule has 0 saturated carbocycles. The van der Waals surface area contributed by atoms with Gasteiger partial charge in [0, 0.05) is 8.48 Å². The van der Waals surface area contributed by atoms with Crippen LogP contribution in [0.3, 0.4) is 0 Å². The lowest BCUT2D eigenvalue weighted by Gasteiger charge is -2.06. The normalized spacial score (nSPS) is 9.85. The molecule has 0 atom stereocenters. The van der Waals surface area contributed by atoms with E-state index in [9.17, 15) is 0 Å². The maximum absolute atomic E-state index is 8.28. The first-order valence-corrected chi connectivity index (χ1v) is 5.07. The molecule has 3 nitrogen and oxygen atoms in total. The highest BCUT2D eigenvalue weighted by atomic mass is 127. The smallest absolute Gasteiger partial charge is 0.0509 e. The van der Waals surface area contributed by atoms with Gasteiger partial charge in [0.05, 0.1) is 5.69 Å². The zero-order valence-corrected chi connectivity index (χ0v) is 9.69. The minimum atomic E-state index is 0.508. The lowest BCUT2D eigenvalue weighted by atomic mass is 10.0. The Morgan fingerprint density at radius 2 is 2.15 bits per heavy atom. The fraction of sp³-hybridized carbons (Fsp3) is 0.333. The first-order chi connectivity index (χ1) is 6.15. The predicted octanol–water partition coefficient (Wildman–Crippen LogP) is 4.36. The Morgan fingerprint density at radius 3 is 2.62 bits per heavy atom. The Bertz CT molecular complexity index is 354. The van der Waals surface area contributed by atoms with Gasteiger partial charge < -0.3 is 0 Å². The summed E-state index contributed by atoms with van der Waals surface area (Å²) in [4.78, 5) is 2.76. The molecular weight excluding hydrogens is 277 g/mol. The summed E-state index contributed by atoms with van der Waals surface area (Å²) in [6.07, 6.45) is 0. The fourth-order valence-corrected chi connectivity index (χ4v) is 1.66. The van der Waals surface area contributed by atoms with E-state index < -0.39 is 0 Å². The Labute approximate surface area is 90.9 Å². The van der Waals surface area contributed by atoms with Crippen LogP contribution in [0.2, 0.25) is 0 Å². The van der Waals surface area contributed by atoms with Crippen molar-refractivity contribution in [1.82, 2.24) is 0 Å². The number of halogens is 1. The molecule has 1 aromatic rings. The van der Waals surface area contributed by atoms with E-state index in [1.807, 2.05) is 12.1 Å². The molecule has 4 heteroatoms. The molecule has 0 bridgehead atoms. The number of nitrogens with zero attached hydrogens (tertiary/aromatic N) is 3. The second kappa shape index (κ2) is 4.48. The molecule has 0 aliphatic rings. The van der Waals surface area contributed by atoms with E-state index in [1.54, 1.807) is 0 Å². The van der Waals surface area contributed by atoms with Gasteiger partial charge in [-0.05, 0) is 45.7 Å². The van der Waals surface area contributed by atoms with Crippen LogP contribution in [0.25, 0.3) is 10.4 Å². The first-order valence-electron chi connectivity index (χ1n) is 3.99. The third kappa shape index (κ3) is 2.60. The van der Waals surface area contributed by atoms with Crippen LogP contribution < -0.4 is 0 Å². The Kier molecular flexibility index (Phi) is 3.57. The van der Waals surface area contributed by atoms with Gasteiger partial charge in [0.15, 0.2) is 0 Å². The largest absolute Gasteiger partial charge is 0.0597 e. The highest BCUT2D eigenvalue weighted by molar-refractivity contribution is 14.1. The molecule has 1 aromatic carbocycles. The second-order valence-electron chi connectivity index (χ2n) is 3.05. The fourth-order valence-electron chi connectivity index (χ4n) is 1.01. The average molecular weight is 287 g/mol. The summed E-state index contributed by atoms with van der Waals surface area (Å²) in [6.45, 7) is 4.28. The van der Waals surface area contributed by atoms with E-state index in [1.165, 1.54) is 5.56 Å². The molecule has 1 rings (SSSR count). The maximum atomic E-state index is 8.28. The molecule has 0 aromatic heterocycles. The van der Waals surface area contributed by atoms with Gasteiger partial charge in [-0.3, -0.25) is 0 Å². The number of rotatable bonds is 2. The third-order valence-corrected chi connectivity index (χ3v) is 2.65. The number of azide groups is 1. The Hall–Kier alpha value is -0.740. The van der Waals surface area contributed by atoms with Gasteiger partial charge in [0.25, 0.3) is 0 Å². The molecule has 0 radical (unpaired) electrons. The highest BCUT2D eigenvalue weighted by Crippen LogP contribution is 2.25. The third-order valence-electron chi connectivity index (χ3n) is 1.79. The molecular formula is C9H10IN3. The molecule has 0 aliphatic carbocycles. The van der Waals surface area contributed by atoms with E-state index in [-0.39, 0.29) is 0 Å². The van der Waals surface area contributed by atoms with Gasteiger partial charge in [0.2, 0.25) is 0 Å². The van der Waals surface area contributed by atoms with E-state index in [0.29, 0.717) is 11.6 Å². The number of hydrogen-bond acceptors (Lipinski definition) is 1. The molecule has 0 N–H and O–H groups in total. The van der Waals surface area contributed by atoms with Crippen LogP contribution in [0, 0.1) is 3.57 Å². The van der Waals surface area contributed by atoms with Crippen LogP contribution in [-0.4, -0.2) is 0 Å². The molecule has 0 heterocycles. The lowest BCUT2D eigenvalue weighted by Crippen LogP contribution is -1.87. The van der Waals surface area contributed by atoms with Crippen molar-refractivity contribution in [2.24, 2.45) is 5.11 Å². The zero-order chi connectivity index (χ0) is 9.84. The van der Waals surface area contributed by atoms with Crippen molar-refractivity contribution < 1.29 is 0 Å². The Balaban J connectivity index is 3.12. The predicted molar refractivity (Wildman–Crippen MR) is 62.1 cm³/mol. The van der Waals surface area contributed by atoms with Crippen LogP contribution in [0.5, 0.6) is 0 Å². The van der Waals surface area contributed by atoms with Crippen molar-refractivity contribution in [2.75, 3.05) is 0 Å². The zero-order valence-electron chi connectivity index (χ0n) is 7.53. The molecule has 0 aliphatic heterocycles. The van der Waals surface area contributed by atoms with Gasteiger partial charge in [-0.1, -0.05) is 31.1 Å². The van der Waals surface area contributed by atoms with Crippen molar-refractivity contribution in [3.63, 3.8) is 0 Å². The maximum Gasteiger partial charge on any atom is 0.0509 e. The average Bonchev–Trinajstić information content (AvgIpc) is 2.08. The van der Waals surface area contributed by atoms with Gasteiger partial charge in [-0.2, -0.15) is 0 Å². The van der Waals surface area contributed by atoms with Crippen LogP contribution in [0.4, 0.5) is 5.69 Å². The van der Waals surface area contributed by atoms with E-state index in [0.717, 1.165) is 3.57 Å². The van der Waals surface area contributed by atoms with Crippen molar-refractivity contribution in [3.8, 4) is 0 Å². The molecule has 68 valence electrons. The summed E-state index contributed by atoms with van der Waals surface area (Å²) < 4.78 is 1.00. The SMILES string of the molecule is CC(C)c1ccc(N=[N+]=[N-])c(I)c1. The van der Waals surface area contributed by atoms with Gasteiger partial charge in [-0.25, -0.2) is 0 Å². The van der Waals surface area contributed by atoms with E-state index in [2.05, 4.69) is 52.5 Å². The molecule has 0 saturated heterocycles. The second-order valence-corrected chi connectivity index (χ2v) is 4.22. The molecule has 0 unspecified atom stereocenters. The van der Waals surface area contributed by atoms with Crippen LogP contribution in [0.15, 0.2) is 23.3 Å². The summed E-state index contributed by atoms with van der Waals surface area (Å²) in [5.41, 5.74) is 10.2. The summed E-state index contributed by atoms with van der Waals surface area (Å²) in [7, 11) is 0. The highest BCUT2D eigenvalue weighted by Gasteiger charge is 2.02. The topological polar surface area (TPSA) is 48.8 Å². The number of hydrogen-bond donors (Lipinski definition) is 0. The Morgan fingerprint density at radius 1 is 1.46 bits per heavy atom. The van der Waals surface area contributed by atoms with Crippen LogP contribution in [-0.2, 0) is 0 Å². The van der Waals surface area contributed by atoms with E-state index in [4.69, 9.17) is 5.53 Å². The monoisotopic (exact) mass is 287 g/mol. The number of benzene rings is 1. The molecule has 0 fully saturated rings. The molecule has 0 amide bonds. The summed E-state index contributed by atoms with van der Waals surface area (Å²) >= 11 is 2.18. The quantitative estimate of drug-likeness (QED) is 0.336. The summed E-state index contributed by atoms with van der Waals surface area (Å²) in [5, 5.41) is 3.58. The van der Waals surface area contributed by atoms with Crippen molar-refractivity contribution in [2.45, 2.75) is 19.8 Å². The van der Waals surface area contributed by atoms with Crippen molar-refractivity contribution in [3.05, 3.63) is 37.8 Å². The summed E-state index contributed by atoms with van der Waals surface area (Å²) in [5.74, 6) is 0.508. The van der Waals surface area contributed by atoms with Gasteiger partial charge >= 0.3 is 0 Å². The van der Waals surface area contributed by atoms with Crippen LogP contribution in [0.1, 0.15) is 25.3 Å². The minimum absolute atomic E-state index is 0.508. The molecule has 13 heavy (non-hydrogen) atoms. The van der Waals surface area contributed by atoms with Gasteiger partial charge in [-0.15, -0.1) is 0 Å². The standard InChI is InChI=1S/C9H10IN3/c1-6(2)7-3-4-9(12-13-11)8(10)5-7/h3-6H,1-2H3. The van der Waals surface area contributed by atoms with Crippen molar-refractivity contribution >= 4 is 28.3 Å². The van der Waals surface area contributed by atoms with Gasteiger partial charge in [0.1, 0.15) is 0 Å². The van der Waals surface area contributed by atoms with Crippen LogP contribution >= 0.6 is 22.6 Å².